The van der Waals surface area contributed by atoms with Gasteiger partial charge in [0.1, 0.15) is 29.4 Å². The summed E-state index contributed by atoms with van der Waals surface area (Å²) in [6.07, 6.45) is 1.75. The van der Waals surface area contributed by atoms with Crippen LogP contribution < -0.4 is 15.0 Å². The van der Waals surface area contributed by atoms with Crippen LogP contribution in [0, 0.1) is 6.92 Å². The molecule has 1 aromatic carbocycles. The van der Waals surface area contributed by atoms with E-state index in [0.717, 1.165) is 48.6 Å². The molecule has 3 heterocycles. The molecule has 1 saturated heterocycles. The molecule has 0 unspecified atom stereocenters. The molecule has 8 heteroatoms. The van der Waals surface area contributed by atoms with Gasteiger partial charge in [0.05, 0.1) is 0 Å². The van der Waals surface area contributed by atoms with Crippen LogP contribution in [0.25, 0.3) is 0 Å². The summed E-state index contributed by atoms with van der Waals surface area (Å²) >= 11 is 6.16. The molecule has 0 bridgehead atoms. The van der Waals surface area contributed by atoms with E-state index in [2.05, 4.69) is 20.2 Å². The summed E-state index contributed by atoms with van der Waals surface area (Å²) < 4.78 is 6.11. The van der Waals surface area contributed by atoms with E-state index in [4.69, 9.17) is 16.3 Å². The maximum atomic E-state index is 11.8. The minimum absolute atomic E-state index is 0.0407. The number of hydrogen-bond donors (Lipinski definition) is 2. The summed E-state index contributed by atoms with van der Waals surface area (Å²) in [5, 5.41) is 12.5. The first-order valence-corrected chi connectivity index (χ1v) is 9.39. The van der Waals surface area contributed by atoms with Crippen molar-refractivity contribution in [2.45, 2.75) is 39.0 Å². The van der Waals surface area contributed by atoms with Crippen LogP contribution in [0.2, 0.25) is 5.15 Å². The Hall–Kier alpha value is -2.38. The van der Waals surface area contributed by atoms with Crippen molar-refractivity contribution in [2.75, 3.05) is 18.0 Å². The van der Waals surface area contributed by atoms with Crippen molar-refractivity contribution >= 4 is 23.3 Å². The largest absolute Gasteiger partial charge is 0.490 e. The maximum absolute atomic E-state index is 11.8. The summed E-state index contributed by atoms with van der Waals surface area (Å²) in [6, 6.07) is 5.69. The average Bonchev–Trinajstić information content (AvgIpc) is 3.05. The molecule has 27 heavy (non-hydrogen) atoms. The topological polar surface area (TPSA) is 87.6 Å². The van der Waals surface area contributed by atoms with Gasteiger partial charge in [-0.3, -0.25) is 4.79 Å². The molecule has 1 fully saturated rings. The number of ether oxygens (including phenoxy) is 1. The number of amides is 1. The highest BCUT2D eigenvalue weighted by atomic mass is 35.5. The van der Waals surface area contributed by atoms with E-state index < -0.39 is 0 Å². The second-order valence-corrected chi connectivity index (χ2v) is 7.20. The number of carbonyl (C=O) groups is 1. The van der Waals surface area contributed by atoms with Crippen molar-refractivity contribution in [3.8, 4) is 5.75 Å². The van der Waals surface area contributed by atoms with Gasteiger partial charge in [0.15, 0.2) is 5.82 Å². The van der Waals surface area contributed by atoms with Crippen molar-refractivity contribution in [1.29, 1.82) is 0 Å². The Balaban J connectivity index is 1.42. The molecule has 0 radical (unpaired) electrons. The number of rotatable bonds is 4. The third kappa shape index (κ3) is 3.57. The van der Waals surface area contributed by atoms with Gasteiger partial charge in [-0.2, -0.15) is 0 Å². The Morgan fingerprint density at radius 1 is 1.33 bits per heavy atom. The zero-order chi connectivity index (χ0) is 19.0. The van der Waals surface area contributed by atoms with Gasteiger partial charge in [0, 0.05) is 43.6 Å². The lowest BCUT2D eigenvalue weighted by molar-refractivity contribution is 0.0965. The van der Waals surface area contributed by atoms with E-state index >= 15 is 0 Å². The third-order valence-corrected chi connectivity index (χ3v) is 5.43. The Kier molecular flexibility index (Phi) is 4.88. The average molecular weight is 389 g/mol. The number of nitrogens with one attached hydrogen (secondary N) is 1. The van der Waals surface area contributed by atoms with Crippen molar-refractivity contribution in [3.63, 3.8) is 0 Å². The lowest BCUT2D eigenvalue weighted by Gasteiger charge is -2.34. The zero-order valence-corrected chi connectivity index (χ0v) is 15.8. The molecule has 142 valence electrons. The number of halogens is 1. The van der Waals surface area contributed by atoms with Crippen molar-refractivity contribution in [2.24, 2.45) is 0 Å². The molecular formula is C19H21ClN4O3. The van der Waals surface area contributed by atoms with E-state index in [1.807, 2.05) is 25.1 Å². The summed E-state index contributed by atoms with van der Waals surface area (Å²) in [7, 11) is 0. The fourth-order valence-electron chi connectivity index (χ4n) is 3.54. The van der Waals surface area contributed by atoms with Crippen LogP contribution in [-0.2, 0) is 13.2 Å². The second kappa shape index (κ2) is 7.32. The molecule has 2 aliphatic heterocycles. The number of anilines is 1. The fourth-order valence-corrected chi connectivity index (χ4v) is 3.72. The quantitative estimate of drug-likeness (QED) is 0.781. The molecule has 1 aromatic heterocycles. The molecule has 2 aliphatic rings. The molecule has 2 aromatic rings. The van der Waals surface area contributed by atoms with Crippen LogP contribution in [0.5, 0.6) is 5.75 Å². The molecular weight excluding hydrogens is 368 g/mol. The van der Waals surface area contributed by atoms with Gasteiger partial charge >= 0.3 is 0 Å². The van der Waals surface area contributed by atoms with Gasteiger partial charge < -0.3 is 20.1 Å². The first-order valence-electron chi connectivity index (χ1n) is 9.01. The zero-order valence-electron chi connectivity index (χ0n) is 15.0. The number of hydrogen-bond acceptors (Lipinski definition) is 6. The van der Waals surface area contributed by atoms with E-state index in [1.54, 1.807) is 0 Å². The van der Waals surface area contributed by atoms with E-state index in [0.29, 0.717) is 23.1 Å². The van der Waals surface area contributed by atoms with Gasteiger partial charge in [-0.15, -0.1) is 0 Å². The van der Waals surface area contributed by atoms with Gasteiger partial charge in [-0.1, -0.05) is 17.7 Å². The van der Waals surface area contributed by atoms with E-state index in [9.17, 15) is 9.90 Å². The second-order valence-electron chi connectivity index (χ2n) is 6.84. The van der Waals surface area contributed by atoms with Gasteiger partial charge in [-0.25, -0.2) is 9.97 Å². The summed E-state index contributed by atoms with van der Waals surface area (Å²) in [6.45, 7) is 3.78. The monoisotopic (exact) mass is 388 g/mol. The lowest BCUT2D eigenvalue weighted by atomic mass is 10.1. The Labute approximate surface area is 162 Å². The highest BCUT2D eigenvalue weighted by Gasteiger charge is 2.25. The number of piperidine rings is 1. The maximum Gasteiger partial charge on any atom is 0.252 e. The highest BCUT2D eigenvalue weighted by molar-refractivity contribution is 6.30. The van der Waals surface area contributed by atoms with Crippen LogP contribution in [0.3, 0.4) is 0 Å². The van der Waals surface area contributed by atoms with Gasteiger partial charge in [0.2, 0.25) is 0 Å². The number of aromatic nitrogens is 2. The third-order valence-electron chi connectivity index (χ3n) is 5.06. The molecule has 0 atom stereocenters. The molecule has 0 aliphatic carbocycles. The predicted octanol–water partition coefficient (Wildman–Crippen LogP) is 2.22. The Bertz CT molecular complexity index is 881. The minimum Gasteiger partial charge on any atom is -0.490 e. The molecule has 2 N–H and O–H groups in total. The fraction of sp³-hybridized carbons (Fsp3) is 0.421. The highest BCUT2D eigenvalue weighted by Crippen LogP contribution is 2.28. The smallest absolute Gasteiger partial charge is 0.252 e. The normalized spacial score (nSPS) is 17.0. The van der Waals surface area contributed by atoms with Crippen LogP contribution in [0.4, 0.5) is 5.82 Å². The molecule has 0 spiro atoms. The molecule has 0 saturated carbocycles. The number of benzene rings is 1. The number of aliphatic hydroxyl groups excluding tert-OH is 1. The lowest BCUT2D eigenvalue weighted by Crippen LogP contribution is -2.39. The first kappa shape index (κ1) is 18.0. The van der Waals surface area contributed by atoms with E-state index in [-0.39, 0.29) is 18.6 Å². The van der Waals surface area contributed by atoms with Gasteiger partial charge in [0.25, 0.3) is 5.91 Å². The minimum atomic E-state index is -0.238. The first-order chi connectivity index (χ1) is 13.0. The van der Waals surface area contributed by atoms with Crippen molar-refractivity contribution in [1.82, 2.24) is 15.3 Å². The predicted molar refractivity (Wildman–Crippen MR) is 101 cm³/mol. The number of carbonyl (C=O) groups excluding carboxylic acids is 1. The molecule has 7 nitrogen and oxygen atoms in total. The molecule has 1 amide bonds. The van der Waals surface area contributed by atoms with Crippen LogP contribution >= 0.6 is 11.6 Å². The van der Waals surface area contributed by atoms with Gasteiger partial charge in [-0.05, 0) is 24.6 Å². The van der Waals surface area contributed by atoms with Crippen LogP contribution in [0.15, 0.2) is 18.2 Å². The Morgan fingerprint density at radius 3 is 2.85 bits per heavy atom. The number of fused-ring (bicyclic) bond motifs is 1. The molecule has 4 rings (SSSR count). The Morgan fingerprint density at radius 2 is 2.11 bits per heavy atom. The van der Waals surface area contributed by atoms with Crippen molar-refractivity contribution in [3.05, 3.63) is 45.9 Å². The van der Waals surface area contributed by atoms with Crippen molar-refractivity contribution < 1.29 is 14.6 Å². The van der Waals surface area contributed by atoms with Crippen LogP contribution in [-0.4, -0.2) is 40.2 Å². The standard InChI is InChI=1S/C19H21ClN4O3/c1-11-17(20)22-16(10-25)23-18(11)24-6-4-13(5-7-24)27-14-3-2-12-9-21-19(26)15(12)8-14/h2-3,8,13,25H,4-7,9-10H2,1H3,(H,21,26). The SMILES string of the molecule is Cc1c(Cl)nc(CO)nc1N1CCC(Oc2ccc3c(c2)C(=O)NC3)CC1. The van der Waals surface area contributed by atoms with E-state index in [1.165, 1.54) is 0 Å². The number of aliphatic hydroxyl groups is 1. The summed E-state index contributed by atoms with van der Waals surface area (Å²) in [5.74, 6) is 1.79. The van der Waals surface area contributed by atoms with Crippen LogP contribution in [0.1, 0.15) is 40.2 Å². The number of nitrogens with zero attached hydrogens (tertiary/aromatic N) is 3. The summed E-state index contributed by atoms with van der Waals surface area (Å²) in [5.41, 5.74) is 2.53. The summed E-state index contributed by atoms with van der Waals surface area (Å²) in [4.78, 5) is 22.5.